The van der Waals surface area contributed by atoms with E-state index < -0.39 is 23.4 Å². The molecule has 0 radical (unpaired) electrons. The predicted octanol–water partition coefficient (Wildman–Crippen LogP) is 3.14. The molecule has 0 aromatic heterocycles. The Hall–Kier alpha value is -2.15. The van der Waals surface area contributed by atoms with Crippen LogP contribution >= 0.6 is 0 Å². The van der Waals surface area contributed by atoms with E-state index in [0.717, 1.165) is 50.2 Å². The van der Waals surface area contributed by atoms with E-state index in [4.69, 9.17) is 0 Å². The van der Waals surface area contributed by atoms with Crippen LogP contribution in [0.4, 0.5) is 19.3 Å². The maximum atomic E-state index is 13.6. The van der Waals surface area contributed by atoms with Gasteiger partial charge in [-0.05, 0) is 19.8 Å². The fourth-order valence-corrected chi connectivity index (χ4v) is 2.80. The van der Waals surface area contributed by atoms with Gasteiger partial charge in [-0.15, -0.1) is 0 Å². The molecule has 1 aromatic carbocycles. The number of nitrogens with one attached hydrogen (secondary N) is 2. The monoisotopic (exact) mass is 339 g/mol. The smallest absolute Gasteiger partial charge is 0.319 e. The van der Waals surface area contributed by atoms with Crippen molar-refractivity contribution in [2.45, 2.75) is 25.8 Å². The van der Waals surface area contributed by atoms with Crippen LogP contribution < -0.4 is 15.4 Å². The van der Waals surface area contributed by atoms with Crippen LogP contribution in [0.1, 0.15) is 19.8 Å². The Morgan fingerprint density at radius 1 is 1.33 bits per heavy atom. The van der Waals surface area contributed by atoms with Gasteiger partial charge in [0.25, 0.3) is 0 Å². The average molecular weight is 339 g/mol. The van der Waals surface area contributed by atoms with Crippen LogP contribution in [-0.2, 0) is 0 Å². The lowest BCUT2D eigenvalue weighted by Crippen LogP contribution is -2.46. The molecular weight excluding hydrogens is 316 g/mol. The molecule has 2 amide bonds. The van der Waals surface area contributed by atoms with Gasteiger partial charge in [-0.25, -0.2) is 13.6 Å². The van der Waals surface area contributed by atoms with Crippen LogP contribution in [0.3, 0.4) is 0 Å². The zero-order chi connectivity index (χ0) is 17.7. The third kappa shape index (κ3) is 4.92. The second-order valence-corrected chi connectivity index (χ2v) is 6.08. The van der Waals surface area contributed by atoms with E-state index in [1.807, 2.05) is 6.92 Å². The van der Waals surface area contributed by atoms with Crippen molar-refractivity contribution < 1.29 is 18.3 Å². The summed E-state index contributed by atoms with van der Waals surface area (Å²) < 4.78 is 31.8. The number of hydrogen-bond donors (Lipinski definition) is 2. The summed E-state index contributed by atoms with van der Waals surface area (Å²) in [5.74, 6) is -2.19. The predicted molar refractivity (Wildman–Crippen MR) is 89.3 cm³/mol. The van der Waals surface area contributed by atoms with Crippen LogP contribution in [-0.4, -0.2) is 43.7 Å². The van der Waals surface area contributed by atoms with Crippen molar-refractivity contribution >= 4 is 11.7 Å². The molecule has 1 saturated heterocycles. The van der Waals surface area contributed by atoms with E-state index in [-0.39, 0.29) is 11.7 Å². The molecule has 1 aromatic rings. The van der Waals surface area contributed by atoms with Gasteiger partial charge in [0.05, 0.1) is 7.11 Å². The van der Waals surface area contributed by atoms with Crippen molar-refractivity contribution in [2.24, 2.45) is 0 Å². The molecule has 132 valence electrons. The number of likely N-dealkylation sites (tertiary alicyclic amines) is 1. The molecule has 1 aliphatic heterocycles. The number of piperidine rings is 1. The number of rotatable bonds is 5. The number of carbonyl (C=O) groups excluding carboxylic acids is 1. The zero-order valence-corrected chi connectivity index (χ0v) is 14.0. The maximum Gasteiger partial charge on any atom is 0.319 e. The zero-order valence-electron chi connectivity index (χ0n) is 14.0. The summed E-state index contributed by atoms with van der Waals surface area (Å²) in [5, 5.41) is 5.29. The molecule has 5 nitrogen and oxygen atoms in total. The van der Waals surface area contributed by atoms with Gasteiger partial charge in [-0.2, -0.15) is 0 Å². The van der Waals surface area contributed by atoms with Gasteiger partial charge >= 0.3 is 6.03 Å². The van der Waals surface area contributed by atoms with Crippen LogP contribution in [0, 0.1) is 11.6 Å². The highest BCUT2D eigenvalue weighted by molar-refractivity contribution is 5.89. The topological polar surface area (TPSA) is 53.6 Å². The number of ether oxygens (including phenoxy) is 1. The van der Waals surface area contributed by atoms with Crippen LogP contribution in [0.2, 0.25) is 0 Å². The van der Waals surface area contributed by atoms with Crippen molar-refractivity contribution in [1.29, 1.82) is 0 Å². The molecule has 2 N–H and O–H groups in total. The van der Waals surface area contributed by atoms with Gasteiger partial charge in [0.15, 0.2) is 17.4 Å². The first-order valence-corrected chi connectivity index (χ1v) is 7.86. The average Bonchev–Trinajstić information content (AvgIpc) is 2.48. The van der Waals surface area contributed by atoms with Crippen LogP contribution in [0.15, 0.2) is 24.3 Å². The molecule has 0 aliphatic carbocycles. The Kier molecular flexibility index (Phi) is 6.14. The lowest BCUT2D eigenvalue weighted by Gasteiger charge is -2.32. The number of urea groups is 1. The number of methoxy groups -OCH3 is 1. The Balaban J connectivity index is 1.85. The van der Waals surface area contributed by atoms with Gasteiger partial charge in [0.2, 0.25) is 0 Å². The SMILES string of the molecule is C=C(C)CN1CCC(NC(=O)Nc2cc(F)c(OC)c(F)c2)CC1. The highest BCUT2D eigenvalue weighted by Gasteiger charge is 2.21. The van der Waals surface area contributed by atoms with Gasteiger partial charge in [0, 0.05) is 43.5 Å². The molecule has 24 heavy (non-hydrogen) atoms. The van der Waals surface area contributed by atoms with Gasteiger partial charge in [0.1, 0.15) is 0 Å². The quantitative estimate of drug-likeness (QED) is 0.811. The van der Waals surface area contributed by atoms with Gasteiger partial charge in [-0.1, -0.05) is 12.2 Å². The largest absolute Gasteiger partial charge is 0.491 e. The van der Waals surface area contributed by atoms with Crippen molar-refractivity contribution in [1.82, 2.24) is 10.2 Å². The molecule has 0 spiro atoms. The number of nitrogens with zero attached hydrogens (tertiary/aromatic N) is 1. The van der Waals surface area contributed by atoms with E-state index in [9.17, 15) is 13.6 Å². The molecule has 0 atom stereocenters. The van der Waals surface area contributed by atoms with E-state index in [1.54, 1.807) is 0 Å². The minimum Gasteiger partial charge on any atom is -0.491 e. The fraction of sp³-hybridized carbons (Fsp3) is 0.471. The molecular formula is C17H23F2N3O2. The maximum absolute atomic E-state index is 13.6. The fourth-order valence-electron chi connectivity index (χ4n) is 2.80. The molecule has 1 fully saturated rings. The molecule has 0 bridgehead atoms. The standard InChI is InChI=1S/C17H23F2N3O2/c1-11(2)10-22-6-4-12(5-7-22)20-17(23)21-13-8-14(18)16(24-3)15(19)9-13/h8-9,12H,1,4-7,10H2,2-3H3,(H2,20,21,23). The van der Waals surface area contributed by atoms with Gasteiger partial charge < -0.3 is 15.4 Å². The summed E-state index contributed by atoms with van der Waals surface area (Å²) in [5.41, 5.74) is 1.16. The normalized spacial score (nSPS) is 15.8. The minimum absolute atomic E-state index is 0.0410. The Morgan fingerprint density at radius 2 is 1.92 bits per heavy atom. The lowest BCUT2D eigenvalue weighted by atomic mass is 10.0. The Morgan fingerprint density at radius 3 is 2.42 bits per heavy atom. The number of benzene rings is 1. The van der Waals surface area contributed by atoms with E-state index >= 15 is 0 Å². The Labute approximate surface area is 140 Å². The molecule has 2 rings (SSSR count). The first-order valence-electron chi connectivity index (χ1n) is 7.86. The highest BCUT2D eigenvalue weighted by Crippen LogP contribution is 2.25. The summed E-state index contributed by atoms with van der Waals surface area (Å²) >= 11 is 0. The number of amides is 2. The summed E-state index contributed by atoms with van der Waals surface area (Å²) in [7, 11) is 1.18. The van der Waals surface area contributed by atoms with E-state index in [2.05, 4.69) is 26.8 Å². The molecule has 7 heteroatoms. The second kappa shape index (κ2) is 8.10. The number of halogens is 2. The first kappa shape index (κ1) is 18.2. The lowest BCUT2D eigenvalue weighted by molar-refractivity contribution is 0.207. The number of hydrogen-bond acceptors (Lipinski definition) is 3. The summed E-state index contributed by atoms with van der Waals surface area (Å²) in [6.07, 6.45) is 1.65. The van der Waals surface area contributed by atoms with Gasteiger partial charge in [-0.3, -0.25) is 4.90 Å². The number of carbonyl (C=O) groups is 1. The van der Waals surface area contributed by atoms with Crippen molar-refractivity contribution in [3.8, 4) is 5.75 Å². The molecule has 0 saturated carbocycles. The first-order chi connectivity index (χ1) is 11.4. The minimum atomic E-state index is -0.860. The highest BCUT2D eigenvalue weighted by atomic mass is 19.1. The van der Waals surface area contributed by atoms with Crippen molar-refractivity contribution in [2.75, 3.05) is 32.1 Å². The molecule has 1 aliphatic rings. The summed E-state index contributed by atoms with van der Waals surface area (Å²) in [6, 6.07) is 1.62. The summed E-state index contributed by atoms with van der Waals surface area (Å²) in [4.78, 5) is 14.3. The molecule has 1 heterocycles. The van der Waals surface area contributed by atoms with Crippen LogP contribution in [0.25, 0.3) is 0 Å². The number of anilines is 1. The molecule has 0 unspecified atom stereocenters. The Bertz CT molecular complexity index is 591. The van der Waals surface area contributed by atoms with E-state index in [1.165, 1.54) is 7.11 Å². The van der Waals surface area contributed by atoms with E-state index in [0.29, 0.717) is 0 Å². The van der Waals surface area contributed by atoms with Crippen molar-refractivity contribution in [3.05, 3.63) is 35.9 Å². The summed E-state index contributed by atoms with van der Waals surface area (Å²) in [6.45, 7) is 8.51. The third-order valence-corrected chi connectivity index (χ3v) is 3.88. The van der Waals surface area contributed by atoms with Crippen molar-refractivity contribution in [3.63, 3.8) is 0 Å². The third-order valence-electron chi connectivity index (χ3n) is 3.88. The second-order valence-electron chi connectivity index (χ2n) is 6.08. The van der Waals surface area contributed by atoms with Crippen LogP contribution in [0.5, 0.6) is 5.75 Å².